The molecule has 11 aromatic carbocycles. The van der Waals surface area contributed by atoms with E-state index < -0.39 is 5.41 Å². The molecular weight excluding hydrogens is 825 g/mol. The van der Waals surface area contributed by atoms with Crippen molar-refractivity contribution in [3.8, 4) is 22.3 Å². The summed E-state index contributed by atoms with van der Waals surface area (Å²) in [5.74, 6) is 0. The molecular formula is C65H44N2O. The highest BCUT2D eigenvalue weighted by Crippen LogP contribution is 2.57. The Labute approximate surface area is 396 Å². The van der Waals surface area contributed by atoms with Crippen molar-refractivity contribution in [3.63, 3.8) is 0 Å². The van der Waals surface area contributed by atoms with Crippen LogP contribution in [0.1, 0.15) is 22.3 Å². The lowest BCUT2D eigenvalue weighted by molar-refractivity contribution is 0.669. The van der Waals surface area contributed by atoms with Gasteiger partial charge in [0.25, 0.3) is 0 Å². The number of rotatable bonds is 9. The molecule has 0 spiro atoms. The number of hydrogen-bond acceptors (Lipinski definition) is 3. The van der Waals surface area contributed by atoms with E-state index in [2.05, 4.69) is 265 Å². The van der Waals surface area contributed by atoms with E-state index in [0.717, 1.165) is 56.1 Å². The van der Waals surface area contributed by atoms with Gasteiger partial charge in [-0.15, -0.1) is 0 Å². The van der Waals surface area contributed by atoms with E-state index >= 15 is 0 Å². The van der Waals surface area contributed by atoms with E-state index in [-0.39, 0.29) is 0 Å². The molecule has 0 atom stereocenters. The molecule has 0 saturated heterocycles. The first-order valence-corrected chi connectivity index (χ1v) is 23.3. The second-order valence-electron chi connectivity index (χ2n) is 17.6. The number of anilines is 6. The summed E-state index contributed by atoms with van der Waals surface area (Å²) < 4.78 is 6.41. The van der Waals surface area contributed by atoms with E-state index in [1.165, 1.54) is 55.3 Å². The van der Waals surface area contributed by atoms with Crippen LogP contribution in [0, 0.1) is 0 Å². The molecule has 12 aromatic rings. The quantitative estimate of drug-likeness (QED) is 0.144. The predicted octanol–water partition coefficient (Wildman–Crippen LogP) is 17.7. The van der Waals surface area contributed by atoms with Crippen molar-refractivity contribution >= 4 is 66.8 Å². The Morgan fingerprint density at radius 2 is 0.809 bits per heavy atom. The lowest BCUT2D eigenvalue weighted by atomic mass is 9.67. The Morgan fingerprint density at radius 1 is 0.294 bits per heavy atom. The minimum atomic E-state index is -0.556. The molecule has 1 aliphatic carbocycles. The van der Waals surface area contributed by atoms with Crippen LogP contribution in [0.15, 0.2) is 271 Å². The fourth-order valence-corrected chi connectivity index (χ4v) is 10.9. The van der Waals surface area contributed by atoms with Crippen LogP contribution in [0.4, 0.5) is 34.1 Å². The predicted molar refractivity (Wildman–Crippen MR) is 283 cm³/mol. The number of nitrogens with zero attached hydrogens (tertiary/aromatic N) is 2. The average Bonchev–Trinajstić information content (AvgIpc) is 3.94. The smallest absolute Gasteiger partial charge is 0.135 e. The summed E-state index contributed by atoms with van der Waals surface area (Å²) in [7, 11) is 0. The van der Waals surface area contributed by atoms with E-state index in [1.54, 1.807) is 0 Å². The molecule has 0 amide bonds. The number of hydrogen-bond donors (Lipinski definition) is 0. The Hall–Kier alpha value is -8.92. The Balaban J connectivity index is 1.04. The normalized spacial score (nSPS) is 12.5. The second-order valence-corrected chi connectivity index (χ2v) is 17.6. The maximum Gasteiger partial charge on any atom is 0.135 e. The summed E-state index contributed by atoms with van der Waals surface area (Å²) in [6.07, 6.45) is 0. The van der Waals surface area contributed by atoms with Gasteiger partial charge in [0.15, 0.2) is 0 Å². The van der Waals surface area contributed by atoms with Gasteiger partial charge in [-0.1, -0.05) is 194 Å². The molecule has 0 saturated carbocycles. The summed E-state index contributed by atoms with van der Waals surface area (Å²) in [6, 6.07) is 96.9. The summed E-state index contributed by atoms with van der Waals surface area (Å²) in [6.45, 7) is 0. The van der Waals surface area contributed by atoms with Crippen LogP contribution in [0.2, 0.25) is 0 Å². The number of benzene rings is 11. The van der Waals surface area contributed by atoms with Crippen molar-refractivity contribution in [2.45, 2.75) is 5.41 Å². The van der Waals surface area contributed by atoms with Crippen molar-refractivity contribution in [3.05, 3.63) is 289 Å². The van der Waals surface area contributed by atoms with Gasteiger partial charge >= 0.3 is 0 Å². The third-order valence-electron chi connectivity index (χ3n) is 13.9. The molecule has 0 fully saturated rings. The average molecular weight is 869 g/mol. The van der Waals surface area contributed by atoms with E-state index in [4.69, 9.17) is 4.42 Å². The van der Waals surface area contributed by atoms with E-state index in [1.807, 2.05) is 12.1 Å². The Kier molecular flexibility index (Phi) is 9.40. The third-order valence-corrected chi connectivity index (χ3v) is 13.9. The SMILES string of the molecule is c1ccc(-c2ccc(N(c3cccc(N(c4cccc(C5(c6ccccc6)c6ccccc6-c6ccccc65)c4)c4ccc5oc6ccccc6c5c4)c3)c3cccc4ccccc34)cc2)cc1. The molecule has 1 heterocycles. The van der Waals surface area contributed by atoms with Crippen LogP contribution in [0.25, 0.3) is 55.0 Å². The molecule has 13 rings (SSSR count). The largest absolute Gasteiger partial charge is 0.456 e. The maximum atomic E-state index is 6.41. The van der Waals surface area contributed by atoms with Gasteiger partial charge in [0, 0.05) is 44.6 Å². The molecule has 1 aliphatic rings. The van der Waals surface area contributed by atoms with Gasteiger partial charge in [-0.25, -0.2) is 0 Å². The number of furan rings is 1. The topological polar surface area (TPSA) is 19.6 Å². The van der Waals surface area contributed by atoms with Gasteiger partial charge in [0.1, 0.15) is 11.2 Å². The molecule has 1 aromatic heterocycles. The van der Waals surface area contributed by atoms with Gasteiger partial charge < -0.3 is 14.2 Å². The first-order chi connectivity index (χ1) is 33.7. The molecule has 3 nitrogen and oxygen atoms in total. The van der Waals surface area contributed by atoms with Crippen molar-refractivity contribution in [2.24, 2.45) is 0 Å². The highest BCUT2D eigenvalue weighted by molar-refractivity contribution is 6.07. The zero-order valence-electron chi connectivity index (χ0n) is 37.2. The van der Waals surface area contributed by atoms with Crippen LogP contribution in [0.3, 0.4) is 0 Å². The highest BCUT2D eigenvalue weighted by atomic mass is 16.3. The summed E-state index contributed by atoms with van der Waals surface area (Å²) in [5, 5.41) is 4.53. The first kappa shape index (κ1) is 39.4. The first-order valence-electron chi connectivity index (χ1n) is 23.3. The molecule has 0 N–H and O–H groups in total. The molecule has 3 heteroatoms. The standard InChI is InChI=1S/C65H44N2O/c1-3-18-45(19-4-1)46-36-38-50(39-37-46)67(62-34-15-21-47-20-7-8-28-55(47)62)53-27-17-26-52(43-53)66(54-40-41-64-59(44-54)58-31-11-14-35-63(58)68-64)51-25-16-24-49(42-51)65(48-22-5-2-6-23-48)60-32-12-9-29-56(60)57-30-10-13-33-61(57)65/h1-44H. The zero-order valence-corrected chi connectivity index (χ0v) is 37.2. The lowest BCUT2D eigenvalue weighted by Gasteiger charge is -2.35. The Morgan fingerprint density at radius 3 is 1.57 bits per heavy atom. The van der Waals surface area contributed by atoms with Crippen molar-refractivity contribution in [1.82, 2.24) is 0 Å². The van der Waals surface area contributed by atoms with Crippen LogP contribution in [-0.2, 0) is 5.41 Å². The fourth-order valence-electron chi connectivity index (χ4n) is 10.9. The van der Waals surface area contributed by atoms with Gasteiger partial charge in [-0.05, 0) is 123 Å². The van der Waals surface area contributed by atoms with E-state index in [0.29, 0.717) is 0 Å². The van der Waals surface area contributed by atoms with Gasteiger partial charge in [0.05, 0.1) is 11.1 Å². The van der Waals surface area contributed by atoms with Crippen LogP contribution in [0.5, 0.6) is 0 Å². The molecule has 0 radical (unpaired) electrons. The minimum absolute atomic E-state index is 0.556. The number of fused-ring (bicyclic) bond motifs is 7. The summed E-state index contributed by atoms with van der Waals surface area (Å²) in [4.78, 5) is 4.82. The highest BCUT2D eigenvalue weighted by Gasteiger charge is 2.46. The molecule has 0 bridgehead atoms. The summed E-state index contributed by atoms with van der Waals surface area (Å²) in [5.41, 5.74) is 17.4. The van der Waals surface area contributed by atoms with E-state index in [9.17, 15) is 0 Å². The van der Waals surface area contributed by atoms with Crippen molar-refractivity contribution < 1.29 is 4.42 Å². The van der Waals surface area contributed by atoms with Crippen molar-refractivity contribution in [2.75, 3.05) is 9.80 Å². The summed E-state index contributed by atoms with van der Waals surface area (Å²) >= 11 is 0. The van der Waals surface area contributed by atoms with Gasteiger partial charge in [0.2, 0.25) is 0 Å². The van der Waals surface area contributed by atoms with Gasteiger partial charge in [-0.2, -0.15) is 0 Å². The van der Waals surface area contributed by atoms with Crippen LogP contribution in [-0.4, -0.2) is 0 Å². The van der Waals surface area contributed by atoms with Crippen LogP contribution < -0.4 is 9.80 Å². The Bertz CT molecular complexity index is 3770. The maximum absolute atomic E-state index is 6.41. The molecule has 0 aliphatic heterocycles. The molecule has 0 unspecified atom stereocenters. The lowest BCUT2D eigenvalue weighted by Crippen LogP contribution is -2.28. The molecule has 320 valence electrons. The van der Waals surface area contributed by atoms with Crippen LogP contribution >= 0.6 is 0 Å². The zero-order chi connectivity index (χ0) is 45.0. The monoisotopic (exact) mass is 868 g/mol. The third kappa shape index (κ3) is 6.35. The van der Waals surface area contributed by atoms with Crippen molar-refractivity contribution in [1.29, 1.82) is 0 Å². The molecule has 68 heavy (non-hydrogen) atoms. The fraction of sp³-hybridized carbons (Fsp3) is 0.0154. The number of para-hydroxylation sites is 1. The second kappa shape index (κ2) is 16.2. The minimum Gasteiger partial charge on any atom is -0.456 e. The van der Waals surface area contributed by atoms with Gasteiger partial charge in [-0.3, -0.25) is 0 Å².